The Morgan fingerprint density at radius 2 is 2.14 bits per heavy atom. The molecule has 1 aliphatic heterocycles. The van der Waals surface area contributed by atoms with Gasteiger partial charge in [-0.2, -0.15) is 0 Å². The van der Waals surface area contributed by atoms with Gasteiger partial charge in [0.05, 0.1) is 12.2 Å². The van der Waals surface area contributed by atoms with E-state index in [2.05, 4.69) is 12.2 Å². The first-order chi connectivity index (χ1) is 6.41. The van der Waals surface area contributed by atoms with E-state index in [0.717, 1.165) is 13.0 Å². The Kier molecular flexibility index (Phi) is 3.93. The van der Waals surface area contributed by atoms with Crippen LogP contribution in [0, 0.1) is 5.41 Å². The van der Waals surface area contributed by atoms with E-state index in [9.17, 15) is 5.11 Å². The molecule has 3 heteroatoms. The predicted molar refractivity (Wildman–Crippen MR) is 57.3 cm³/mol. The number of nitrogens with one attached hydrogen (secondary N) is 1. The summed E-state index contributed by atoms with van der Waals surface area (Å²) in [6, 6.07) is 0.409. The van der Waals surface area contributed by atoms with Gasteiger partial charge < -0.3 is 15.2 Å². The van der Waals surface area contributed by atoms with Crippen molar-refractivity contribution in [1.29, 1.82) is 0 Å². The summed E-state index contributed by atoms with van der Waals surface area (Å²) in [6.45, 7) is 9.72. The van der Waals surface area contributed by atoms with Gasteiger partial charge in [-0.05, 0) is 18.8 Å². The van der Waals surface area contributed by atoms with Crippen molar-refractivity contribution in [3.05, 3.63) is 0 Å². The van der Waals surface area contributed by atoms with Crippen molar-refractivity contribution in [1.82, 2.24) is 5.32 Å². The fraction of sp³-hybridized carbons (Fsp3) is 1.00. The smallest absolute Gasteiger partial charge is 0.0712 e. The monoisotopic (exact) mass is 201 g/mol. The van der Waals surface area contributed by atoms with Gasteiger partial charge in [-0.15, -0.1) is 0 Å². The van der Waals surface area contributed by atoms with Crippen molar-refractivity contribution in [2.45, 2.75) is 52.4 Å². The van der Waals surface area contributed by atoms with E-state index in [-0.39, 0.29) is 17.6 Å². The van der Waals surface area contributed by atoms with E-state index in [0.29, 0.717) is 12.6 Å². The average Bonchev–Trinajstić information content (AvgIpc) is 2.45. The minimum Gasteiger partial charge on any atom is -0.391 e. The summed E-state index contributed by atoms with van der Waals surface area (Å²) in [6.07, 6.45) is 1.04. The summed E-state index contributed by atoms with van der Waals surface area (Å²) >= 11 is 0. The lowest BCUT2D eigenvalue weighted by atomic mass is 9.89. The van der Waals surface area contributed by atoms with Crippen molar-refractivity contribution < 1.29 is 9.84 Å². The largest absolute Gasteiger partial charge is 0.391 e. The van der Waals surface area contributed by atoms with Crippen LogP contribution in [0.15, 0.2) is 0 Å². The molecule has 0 aromatic carbocycles. The Morgan fingerprint density at radius 1 is 1.50 bits per heavy atom. The summed E-state index contributed by atoms with van der Waals surface area (Å²) in [5, 5.41) is 13.2. The molecule has 0 aromatic heterocycles. The zero-order valence-corrected chi connectivity index (χ0v) is 9.71. The molecule has 3 atom stereocenters. The average molecular weight is 201 g/mol. The molecule has 1 aliphatic rings. The van der Waals surface area contributed by atoms with Crippen LogP contribution in [0.1, 0.15) is 34.1 Å². The molecule has 3 unspecified atom stereocenters. The number of hydrogen-bond acceptors (Lipinski definition) is 3. The van der Waals surface area contributed by atoms with Gasteiger partial charge in [0.25, 0.3) is 0 Å². The Morgan fingerprint density at radius 3 is 2.57 bits per heavy atom. The lowest BCUT2D eigenvalue weighted by Crippen LogP contribution is -2.43. The summed E-state index contributed by atoms with van der Waals surface area (Å²) in [4.78, 5) is 0. The lowest BCUT2D eigenvalue weighted by molar-refractivity contribution is 0.0552. The molecule has 0 aliphatic carbocycles. The van der Waals surface area contributed by atoms with E-state index >= 15 is 0 Å². The fourth-order valence-electron chi connectivity index (χ4n) is 1.57. The van der Waals surface area contributed by atoms with Crippen LogP contribution in [-0.4, -0.2) is 36.5 Å². The molecule has 1 rings (SSSR count). The first kappa shape index (κ1) is 12.0. The second-order valence-electron chi connectivity index (χ2n) is 5.26. The lowest BCUT2D eigenvalue weighted by Gasteiger charge is -2.28. The van der Waals surface area contributed by atoms with Gasteiger partial charge >= 0.3 is 0 Å². The molecule has 14 heavy (non-hydrogen) atoms. The Labute approximate surface area is 86.8 Å². The molecular weight excluding hydrogens is 178 g/mol. The highest BCUT2D eigenvalue weighted by Crippen LogP contribution is 2.19. The van der Waals surface area contributed by atoms with Crippen LogP contribution in [0.3, 0.4) is 0 Å². The number of aliphatic hydroxyl groups excluding tert-OH is 1. The van der Waals surface area contributed by atoms with E-state index in [1.165, 1.54) is 0 Å². The van der Waals surface area contributed by atoms with Crippen molar-refractivity contribution in [2.24, 2.45) is 5.41 Å². The molecule has 3 nitrogen and oxygen atoms in total. The van der Waals surface area contributed by atoms with Crippen molar-refractivity contribution >= 4 is 0 Å². The molecule has 0 radical (unpaired) electrons. The van der Waals surface area contributed by atoms with Gasteiger partial charge in [-0.1, -0.05) is 20.8 Å². The minimum absolute atomic E-state index is 0.0459. The van der Waals surface area contributed by atoms with Gasteiger partial charge in [0.15, 0.2) is 0 Å². The van der Waals surface area contributed by atoms with Gasteiger partial charge in [-0.3, -0.25) is 0 Å². The summed E-state index contributed by atoms with van der Waals surface area (Å²) in [7, 11) is 0. The number of ether oxygens (including phenoxy) is 1. The summed E-state index contributed by atoms with van der Waals surface area (Å²) in [5.74, 6) is 0. The molecular formula is C11H23NO2. The molecule has 1 heterocycles. The molecule has 0 aromatic rings. The minimum atomic E-state index is -0.296. The standard InChI is InChI=1S/C11H23NO2/c1-8-9(5-6-14-8)12-7-10(13)11(2,3)4/h8-10,12-13H,5-7H2,1-4H3. The molecule has 1 fully saturated rings. The fourth-order valence-corrected chi connectivity index (χ4v) is 1.57. The number of hydrogen-bond donors (Lipinski definition) is 2. The number of rotatable bonds is 3. The Bertz CT molecular complexity index is 175. The molecule has 0 bridgehead atoms. The SMILES string of the molecule is CC1OCCC1NCC(O)C(C)(C)C. The highest BCUT2D eigenvalue weighted by molar-refractivity contribution is 4.82. The van der Waals surface area contributed by atoms with Crippen LogP contribution < -0.4 is 5.32 Å². The molecule has 2 N–H and O–H groups in total. The third-order valence-electron chi connectivity index (χ3n) is 2.95. The van der Waals surface area contributed by atoms with Crippen LogP contribution in [0.4, 0.5) is 0 Å². The van der Waals surface area contributed by atoms with Crippen LogP contribution in [0.2, 0.25) is 0 Å². The van der Waals surface area contributed by atoms with E-state index in [1.54, 1.807) is 0 Å². The third-order valence-corrected chi connectivity index (χ3v) is 2.95. The van der Waals surface area contributed by atoms with Gasteiger partial charge in [0.2, 0.25) is 0 Å². The first-order valence-electron chi connectivity index (χ1n) is 5.44. The highest BCUT2D eigenvalue weighted by atomic mass is 16.5. The van der Waals surface area contributed by atoms with Crippen LogP contribution in [0.5, 0.6) is 0 Å². The maximum atomic E-state index is 9.83. The van der Waals surface area contributed by atoms with Gasteiger partial charge in [-0.25, -0.2) is 0 Å². The number of aliphatic hydroxyl groups is 1. The van der Waals surface area contributed by atoms with Crippen LogP contribution in [-0.2, 0) is 4.74 Å². The van der Waals surface area contributed by atoms with Crippen molar-refractivity contribution in [3.63, 3.8) is 0 Å². The van der Waals surface area contributed by atoms with Gasteiger partial charge in [0, 0.05) is 19.2 Å². The molecule has 1 saturated heterocycles. The van der Waals surface area contributed by atoms with E-state index in [4.69, 9.17) is 4.74 Å². The second kappa shape index (κ2) is 4.60. The molecule has 0 saturated carbocycles. The van der Waals surface area contributed by atoms with Gasteiger partial charge in [0.1, 0.15) is 0 Å². The Hall–Kier alpha value is -0.120. The van der Waals surface area contributed by atoms with E-state index < -0.39 is 0 Å². The van der Waals surface area contributed by atoms with Crippen LogP contribution >= 0.6 is 0 Å². The second-order valence-corrected chi connectivity index (χ2v) is 5.26. The molecule has 84 valence electrons. The first-order valence-corrected chi connectivity index (χ1v) is 5.44. The van der Waals surface area contributed by atoms with Crippen molar-refractivity contribution in [3.8, 4) is 0 Å². The molecule has 0 amide bonds. The Balaban J connectivity index is 2.26. The highest BCUT2D eigenvalue weighted by Gasteiger charge is 2.27. The summed E-state index contributed by atoms with van der Waals surface area (Å²) in [5.41, 5.74) is -0.0459. The maximum Gasteiger partial charge on any atom is 0.0712 e. The molecule has 0 spiro atoms. The zero-order chi connectivity index (χ0) is 10.8. The van der Waals surface area contributed by atoms with E-state index in [1.807, 2.05) is 20.8 Å². The quantitative estimate of drug-likeness (QED) is 0.720. The third kappa shape index (κ3) is 3.23. The normalized spacial score (nSPS) is 30.6. The maximum absolute atomic E-state index is 9.83. The summed E-state index contributed by atoms with van der Waals surface area (Å²) < 4.78 is 5.44. The van der Waals surface area contributed by atoms with Crippen molar-refractivity contribution in [2.75, 3.05) is 13.2 Å². The predicted octanol–water partition coefficient (Wildman–Crippen LogP) is 1.16. The zero-order valence-electron chi connectivity index (χ0n) is 9.71. The topological polar surface area (TPSA) is 41.5 Å². The van der Waals surface area contributed by atoms with Crippen LogP contribution in [0.25, 0.3) is 0 Å².